The van der Waals surface area contributed by atoms with Crippen LogP contribution in [0.5, 0.6) is 0 Å². The number of ketones is 1. The van der Waals surface area contributed by atoms with Crippen LogP contribution < -0.4 is 0 Å². The molecule has 0 aromatic heterocycles. The molecular weight excluding hydrogens is 321 g/mol. The maximum atomic E-state index is 13.7. The van der Waals surface area contributed by atoms with E-state index < -0.39 is 35.2 Å². The summed E-state index contributed by atoms with van der Waals surface area (Å²) in [5.74, 6) is -3.31. The lowest BCUT2D eigenvalue weighted by Crippen LogP contribution is -2.10. The molecule has 2 aromatic rings. The Morgan fingerprint density at radius 1 is 1.00 bits per heavy atom. The van der Waals surface area contributed by atoms with Crippen molar-refractivity contribution in [3.05, 3.63) is 69.4 Å². The van der Waals surface area contributed by atoms with E-state index in [1.54, 1.807) is 6.07 Å². The van der Waals surface area contributed by atoms with E-state index in [9.17, 15) is 18.0 Å². The molecule has 19 heavy (non-hydrogen) atoms. The van der Waals surface area contributed by atoms with Crippen LogP contribution in [-0.2, 0) is 6.42 Å². The lowest BCUT2D eigenvalue weighted by molar-refractivity contribution is 0.0983. The van der Waals surface area contributed by atoms with Crippen molar-refractivity contribution in [1.82, 2.24) is 0 Å². The summed E-state index contributed by atoms with van der Waals surface area (Å²) in [6.45, 7) is 0. The molecule has 0 aliphatic rings. The fourth-order valence-electron chi connectivity index (χ4n) is 1.69. The lowest BCUT2D eigenvalue weighted by atomic mass is 10.0. The summed E-state index contributed by atoms with van der Waals surface area (Å²) >= 11 is 2.88. The summed E-state index contributed by atoms with van der Waals surface area (Å²) in [7, 11) is 0. The number of halogens is 4. The summed E-state index contributed by atoms with van der Waals surface area (Å²) in [6, 6.07) is 7.78. The molecule has 0 saturated carbocycles. The molecule has 2 rings (SSSR count). The maximum absolute atomic E-state index is 13.7. The average Bonchev–Trinajstić information content (AvgIpc) is 2.37. The maximum Gasteiger partial charge on any atom is 0.173 e. The Balaban J connectivity index is 2.36. The van der Waals surface area contributed by atoms with Crippen molar-refractivity contribution in [2.45, 2.75) is 6.42 Å². The lowest BCUT2D eigenvalue weighted by Gasteiger charge is -2.06. The summed E-state index contributed by atoms with van der Waals surface area (Å²) in [5, 5.41) is 0. The van der Waals surface area contributed by atoms with Crippen LogP contribution in [0.3, 0.4) is 0 Å². The van der Waals surface area contributed by atoms with Gasteiger partial charge in [-0.1, -0.05) is 18.2 Å². The van der Waals surface area contributed by atoms with E-state index in [1.165, 1.54) is 24.3 Å². The van der Waals surface area contributed by atoms with Crippen LogP contribution >= 0.6 is 15.9 Å². The van der Waals surface area contributed by atoms with E-state index in [1.807, 2.05) is 0 Å². The van der Waals surface area contributed by atoms with Crippen molar-refractivity contribution in [3.63, 3.8) is 0 Å². The topological polar surface area (TPSA) is 17.1 Å². The van der Waals surface area contributed by atoms with Crippen LogP contribution in [0.4, 0.5) is 13.2 Å². The van der Waals surface area contributed by atoms with Gasteiger partial charge in [-0.05, 0) is 39.7 Å². The molecule has 0 fully saturated rings. The zero-order chi connectivity index (χ0) is 14.0. The zero-order valence-electron chi connectivity index (χ0n) is 9.59. The first-order valence-corrected chi connectivity index (χ1v) is 6.20. The van der Waals surface area contributed by atoms with Gasteiger partial charge >= 0.3 is 0 Å². The van der Waals surface area contributed by atoms with Crippen molar-refractivity contribution in [2.75, 3.05) is 0 Å². The second-order valence-electron chi connectivity index (χ2n) is 3.91. The number of rotatable bonds is 3. The predicted molar refractivity (Wildman–Crippen MR) is 68.5 cm³/mol. The molecule has 0 N–H and O–H groups in total. The molecular formula is C14H8BrF3O. The highest BCUT2D eigenvalue weighted by Gasteiger charge is 2.20. The molecule has 0 aliphatic carbocycles. The SMILES string of the molecule is O=C(Cc1ccccc1F)c1c(F)ccc(Br)c1F. The Kier molecular flexibility index (Phi) is 4.04. The van der Waals surface area contributed by atoms with Gasteiger partial charge in [-0.2, -0.15) is 0 Å². The van der Waals surface area contributed by atoms with E-state index >= 15 is 0 Å². The van der Waals surface area contributed by atoms with Gasteiger partial charge in [0.2, 0.25) is 0 Å². The molecule has 0 radical (unpaired) electrons. The number of Topliss-reactive ketones (excluding diaryl/α,β-unsaturated/α-hetero) is 1. The highest BCUT2D eigenvalue weighted by atomic mass is 79.9. The molecule has 0 aliphatic heterocycles. The van der Waals surface area contributed by atoms with Crippen molar-refractivity contribution >= 4 is 21.7 Å². The second kappa shape index (κ2) is 5.57. The summed E-state index contributed by atoms with van der Waals surface area (Å²) in [6.07, 6.45) is -0.392. The smallest absolute Gasteiger partial charge is 0.173 e. The Hall–Kier alpha value is -1.62. The van der Waals surface area contributed by atoms with Gasteiger partial charge in [0.05, 0.1) is 10.0 Å². The Morgan fingerprint density at radius 2 is 1.68 bits per heavy atom. The molecule has 0 heterocycles. The number of benzene rings is 2. The monoisotopic (exact) mass is 328 g/mol. The van der Waals surface area contributed by atoms with Gasteiger partial charge in [-0.3, -0.25) is 4.79 Å². The number of carbonyl (C=O) groups is 1. The fraction of sp³-hybridized carbons (Fsp3) is 0.0714. The molecule has 0 spiro atoms. The van der Waals surface area contributed by atoms with E-state index in [-0.39, 0.29) is 10.0 Å². The van der Waals surface area contributed by atoms with Crippen LogP contribution in [0, 0.1) is 17.5 Å². The first kappa shape index (κ1) is 13.8. The highest BCUT2D eigenvalue weighted by Crippen LogP contribution is 2.23. The van der Waals surface area contributed by atoms with Gasteiger partial charge in [-0.25, -0.2) is 13.2 Å². The van der Waals surface area contributed by atoms with Crippen LogP contribution in [0.2, 0.25) is 0 Å². The fourth-order valence-corrected chi connectivity index (χ4v) is 2.02. The molecule has 2 aromatic carbocycles. The third-order valence-electron chi connectivity index (χ3n) is 2.63. The van der Waals surface area contributed by atoms with E-state index in [0.717, 1.165) is 6.07 Å². The van der Waals surface area contributed by atoms with Gasteiger partial charge in [0, 0.05) is 6.42 Å². The summed E-state index contributed by atoms with van der Waals surface area (Å²) < 4.78 is 40.6. The number of hydrogen-bond donors (Lipinski definition) is 0. The number of carbonyl (C=O) groups excluding carboxylic acids is 1. The number of hydrogen-bond acceptors (Lipinski definition) is 1. The molecule has 1 nitrogen and oxygen atoms in total. The molecule has 0 amide bonds. The average molecular weight is 329 g/mol. The quantitative estimate of drug-likeness (QED) is 0.606. The van der Waals surface area contributed by atoms with Crippen molar-refractivity contribution in [3.8, 4) is 0 Å². The van der Waals surface area contributed by atoms with Crippen LogP contribution in [0.15, 0.2) is 40.9 Å². The standard InChI is InChI=1S/C14H8BrF3O/c15-9-5-6-11(17)13(14(9)18)12(19)7-8-3-1-2-4-10(8)16/h1-6H,7H2. The zero-order valence-corrected chi connectivity index (χ0v) is 11.2. The van der Waals surface area contributed by atoms with Gasteiger partial charge in [0.15, 0.2) is 11.6 Å². The minimum Gasteiger partial charge on any atom is -0.294 e. The molecule has 0 unspecified atom stereocenters. The summed E-state index contributed by atoms with van der Waals surface area (Å²) in [5.41, 5.74) is -0.552. The van der Waals surface area contributed by atoms with Crippen molar-refractivity contribution in [2.24, 2.45) is 0 Å². The van der Waals surface area contributed by atoms with E-state index in [0.29, 0.717) is 0 Å². The first-order chi connectivity index (χ1) is 9.00. The molecule has 0 bridgehead atoms. The van der Waals surface area contributed by atoms with Crippen LogP contribution in [0.1, 0.15) is 15.9 Å². The largest absolute Gasteiger partial charge is 0.294 e. The Bertz CT molecular complexity index is 641. The highest BCUT2D eigenvalue weighted by molar-refractivity contribution is 9.10. The normalized spacial score (nSPS) is 10.5. The predicted octanol–water partition coefficient (Wildman–Crippen LogP) is 4.29. The first-order valence-electron chi connectivity index (χ1n) is 5.41. The summed E-state index contributed by atoms with van der Waals surface area (Å²) in [4.78, 5) is 11.9. The minimum absolute atomic E-state index is 0.00853. The van der Waals surface area contributed by atoms with E-state index in [2.05, 4.69) is 15.9 Å². The van der Waals surface area contributed by atoms with Crippen LogP contribution in [0.25, 0.3) is 0 Å². The second-order valence-corrected chi connectivity index (χ2v) is 4.76. The third-order valence-corrected chi connectivity index (χ3v) is 3.24. The van der Waals surface area contributed by atoms with Crippen LogP contribution in [-0.4, -0.2) is 5.78 Å². The molecule has 0 saturated heterocycles. The van der Waals surface area contributed by atoms with Gasteiger partial charge in [0.25, 0.3) is 0 Å². The molecule has 98 valence electrons. The van der Waals surface area contributed by atoms with Crippen molar-refractivity contribution < 1.29 is 18.0 Å². The molecule has 5 heteroatoms. The van der Waals surface area contributed by atoms with Gasteiger partial charge in [0.1, 0.15) is 11.6 Å². The van der Waals surface area contributed by atoms with Gasteiger partial charge < -0.3 is 0 Å². The Morgan fingerprint density at radius 3 is 2.37 bits per heavy atom. The van der Waals surface area contributed by atoms with Gasteiger partial charge in [-0.15, -0.1) is 0 Å². The Labute approximate surface area is 116 Å². The van der Waals surface area contributed by atoms with E-state index in [4.69, 9.17) is 0 Å². The third kappa shape index (κ3) is 2.87. The van der Waals surface area contributed by atoms with Crippen molar-refractivity contribution in [1.29, 1.82) is 0 Å². The minimum atomic E-state index is -0.971. The molecule has 0 atom stereocenters.